The second kappa shape index (κ2) is 4.23. The summed E-state index contributed by atoms with van der Waals surface area (Å²) in [4.78, 5) is 15.3. The Labute approximate surface area is 91.8 Å². The summed E-state index contributed by atoms with van der Waals surface area (Å²) in [5.74, 6) is 6.14. The normalized spacial score (nSPS) is 9.25. The molecule has 0 saturated carbocycles. The fourth-order valence-electron chi connectivity index (χ4n) is 1.04. The molecule has 0 spiro atoms. The Hall–Kier alpha value is -2.68. The van der Waals surface area contributed by atoms with Crippen LogP contribution < -0.4 is 11.5 Å². The van der Waals surface area contributed by atoms with Gasteiger partial charge in [-0.3, -0.25) is 0 Å². The van der Waals surface area contributed by atoms with Gasteiger partial charge in [0.05, 0.1) is 5.56 Å². The summed E-state index contributed by atoms with van der Waals surface area (Å²) in [6.45, 7) is 0. The number of hydrogen-bond donors (Lipinski definition) is 2. The minimum atomic E-state index is 0.261. The Kier molecular flexibility index (Phi) is 2.61. The first kappa shape index (κ1) is 9.86. The SMILES string of the molecule is Nc1ncnc(N)c1C#Cc1cncnc1. The first-order chi connectivity index (χ1) is 7.77. The van der Waals surface area contributed by atoms with Crippen molar-refractivity contribution in [2.24, 2.45) is 0 Å². The Morgan fingerprint density at radius 1 is 0.875 bits per heavy atom. The molecule has 16 heavy (non-hydrogen) atoms. The van der Waals surface area contributed by atoms with Crippen molar-refractivity contribution in [2.45, 2.75) is 0 Å². The van der Waals surface area contributed by atoms with Crippen molar-refractivity contribution in [1.29, 1.82) is 0 Å². The quantitative estimate of drug-likeness (QED) is 0.587. The molecule has 0 unspecified atom stereocenters. The second-order valence-electron chi connectivity index (χ2n) is 2.90. The molecule has 4 N–H and O–H groups in total. The fraction of sp³-hybridized carbons (Fsp3) is 0. The molecule has 6 nitrogen and oxygen atoms in total. The van der Waals surface area contributed by atoms with Crippen LogP contribution in [0.5, 0.6) is 0 Å². The van der Waals surface area contributed by atoms with E-state index in [-0.39, 0.29) is 11.6 Å². The van der Waals surface area contributed by atoms with Crippen LogP contribution in [0.3, 0.4) is 0 Å². The molecule has 2 heterocycles. The summed E-state index contributed by atoms with van der Waals surface area (Å²) < 4.78 is 0. The maximum atomic E-state index is 5.62. The van der Waals surface area contributed by atoms with Gasteiger partial charge in [-0.15, -0.1) is 0 Å². The molecule has 2 aromatic heterocycles. The molecular weight excluding hydrogens is 204 g/mol. The predicted octanol–water partition coefficient (Wildman–Crippen LogP) is -0.169. The van der Waals surface area contributed by atoms with Crippen molar-refractivity contribution in [2.75, 3.05) is 11.5 Å². The molecule has 0 aliphatic heterocycles. The molecule has 0 aliphatic rings. The van der Waals surface area contributed by atoms with Crippen molar-refractivity contribution >= 4 is 11.6 Å². The zero-order valence-electron chi connectivity index (χ0n) is 8.25. The smallest absolute Gasteiger partial charge is 0.144 e. The van der Waals surface area contributed by atoms with Crippen LogP contribution in [0.2, 0.25) is 0 Å². The Bertz CT molecular complexity index is 534. The van der Waals surface area contributed by atoms with Crippen molar-refractivity contribution in [3.8, 4) is 11.8 Å². The average molecular weight is 212 g/mol. The first-order valence-electron chi connectivity index (χ1n) is 4.40. The molecule has 0 atom stereocenters. The molecule has 0 saturated heterocycles. The molecular formula is C10H8N6. The van der Waals surface area contributed by atoms with Crippen LogP contribution in [-0.2, 0) is 0 Å². The van der Waals surface area contributed by atoms with Gasteiger partial charge in [0.1, 0.15) is 29.9 Å². The van der Waals surface area contributed by atoms with E-state index in [2.05, 4.69) is 31.8 Å². The third-order valence-electron chi connectivity index (χ3n) is 1.80. The summed E-state index contributed by atoms with van der Waals surface area (Å²) in [6, 6.07) is 0. The van der Waals surface area contributed by atoms with Crippen molar-refractivity contribution < 1.29 is 0 Å². The van der Waals surface area contributed by atoms with E-state index in [9.17, 15) is 0 Å². The maximum Gasteiger partial charge on any atom is 0.144 e. The van der Waals surface area contributed by atoms with Gasteiger partial charge in [0.15, 0.2) is 0 Å². The lowest BCUT2D eigenvalue weighted by molar-refractivity contribution is 1.15. The molecule has 78 valence electrons. The van der Waals surface area contributed by atoms with E-state index in [1.54, 1.807) is 12.4 Å². The molecule has 0 bridgehead atoms. The number of aromatic nitrogens is 4. The van der Waals surface area contributed by atoms with E-state index < -0.39 is 0 Å². The predicted molar refractivity (Wildman–Crippen MR) is 58.9 cm³/mol. The van der Waals surface area contributed by atoms with Crippen LogP contribution in [0.25, 0.3) is 0 Å². The maximum absolute atomic E-state index is 5.62. The van der Waals surface area contributed by atoms with Crippen molar-refractivity contribution in [3.05, 3.63) is 36.2 Å². The Morgan fingerprint density at radius 2 is 1.50 bits per heavy atom. The number of nitrogen functional groups attached to an aromatic ring is 2. The van der Waals surface area contributed by atoms with E-state index in [0.29, 0.717) is 11.1 Å². The third-order valence-corrected chi connectivity index (χ3v) is 1.80. The molecule has 0 aliphatic carbocycles. The number of nitrogens with two attached hydrogens (primary N) is 2. The summed E-state index contributed by atoms with van der Waals surface area (Å²) >= 11 is 0. The van der Waals surface area contributed by atoms with E-state index in [0.717, 1.165) is 0 Å². The van der Waals surface area contributed by atoms with E-state index in [1.165, 1.54) is 12.7 Å². The van der Waals surface area contributed by atoms with Gasteiger partial charge in [-0.1, -0.05) is 11.8 Å². The van der Waals surface area contributed by atoms with Crippen LogP contribution in [0, 0.1) is 11.8 Å². The number of hydrogen-bond acceptors (Lipinski definition) is 6. The first-order valence-corrected chi connectivity index (χ1v) is 4.40. The van der Waals surface area contributed by atoms with Gasteiger partial charge in [0.25, 0.3) is 0 Å². The summed E-state index contributed by atoms with van der Waals surface area (Å²) in [5.41, 5.74) is 12.3. The minimum Gasteiger partial charge on any atom is -0.382 e. The Balaban J connectivity index is 2.39. The van der Waals surface area contributed by atoms with E-state index >= 15 is 0 Å². The van der Waals surface area contributed by atoms with E-state index in [1.807, 2.05) is 0 Å². The monoisotopic (exact) mass is 212 g/mol. The molecule has 0 aromatic carbocycles. The van der Waals surface area contributed by atoms with Crippen LogP contribution in [0.4, 0.5) is 11.6 Å². The molecule has 2 aromatic rings. The lowest BCUT2D eigenvalue weighted by atomic mass is 10.2. The fourth-order valence-corrected chi connectivity index (χ4v) is 1.04. The van der Waals surface area contributed by atoms with Gasteiger partial charge < -0.3 is 11.5 Å². The third kappa shape index (κ3) is 2.04. The summed E-state index contributed by atoms with van der Waals surface area (Å²) in [6.07, 6.45) is 5.91. The molecule has 6 heteroatoms. The lowest BCUT2D eigenvalue weighted by Gasteiger charge is -1.98. The van der Waals surface area contributed by atoms with Crippen molar-refractivity contribution in [3.63, 3.8) is 0 Å². The second-order valence-corrected chi connectivity index (χ2v) is 2.90. The van der Waals surface area contributed by atoms with E-state index in [4.69, 9.17) is 11.5 Å². The topological polar surface area (TPSA) is 104 Å². The highest BCUT2D eigenvalue weighted by molar-refractivity contribution is 5.62. The summed E-state index contributed by atoms with van der Waals surface area (Å²) in [5, 5.41) is 0. The summed E-state index contributed by atoms with van der Waals surface area (Å²) in [7, 11) is 0. The standard InChI is InChI=1S/C10H8N6/c11-9-8(10(12)16-6-15-9)2-1-7-3-13-5-14-4-7/h3-6H,(H4,11,12,15,16). The van der Waals surface area contributed by atoms with Gasteiger partial charge >= 0.3 is 0 Å². The highest BCUT2D eigenvalue weighted by Crippen LogP contribution is 2.11. The lowest BCUT2D eigenvalue weighted by Crippen LogP contribution is -2.01. The Morgan fingerprint density at radius 3 is 2.12 bits per heavy atom. The largest absolute Gasteiger partial charge is 0.382 e. The molecule has 0 amide bonds. The average Bonchev–Trinajstić information content (AvgIpc) is 2.30. The van der Waals surface area contributed by atoms with Gasteiger partial charge in [0, 0.05) is 12.4 Å². The highest BCUT2D eigenvalue weighted by Gasteiger charge is 2.01. The zero-order chi connectivity index (χ0) is 11.4. The highest BCUT2D eigenvalue weighted by atomic mass is 15.0. The number of anilines is 2. The molecule has 0 radical (unpaired) electrons. The molecule has 0 fully saturated rings. The zero-order valence-corrected chi connectivity index (χ0v) is 8.25. The van der Waals surface area contributed by atoms with Crippen LogP contribution in [0.1, 0.15) is 11.1 Å². The van der Waals surface area contributed by atoms with Crippen molar-refractivity contribution in [1.82, 2.24) is 19.9 Å². The van der Waals surface area contributed by atoms with Gasteiger partial charge in [-0.05, 0) is 0 Å². The number of rotatable bonds is 0. The van der Waals surface area contributed by atoms with Crippen LogP contribution in [-0.4, -0.2) is 19.9 Å². The van der Waals surface area contributed by atoms with Gasteiger partial charge in [-0.2, -0.15) is 0 Å². The number of nitrogens with zero attached hydrogens (tertiary/aromatic N) is 4. The minimum absolute atomic E-state index is 0.261. The van der Waals surface area contributed by atoms with Crippen LogP contribution in [0.15, 0.2) is 25.0 Å². The van der Waals surface area contributed by atoms with Gasteiger partial charge in [-0.25, -0.2) is 19.9 Å². The molecule has 2 rings (SSSR count). The van der Waals surface area contributed by atoms with Gasteiger partial charge in [0.2, 0.25) is 0 Å². The van der Waals surface area contributed by atoms with Crippen LogP contribution >= 0.6 is 0 Å².